The molecule has 1 fully saturated rings. The van der Waals surface area contributed by atoms with E-state index in [1.54, 1.807) is 0 Å². The molecule has 1 saturated carbocycles. The molecule has 1 aromatic carbocycles. The van der Waals surface area contributed by atoms with Crippen molar-refractivity contribution in [3.63, 3.8) is 0 Å². The Morgan fingerprint density at radius 3 is 2.60 bits per heavy atom. The van der Waals surface area contributed by atoms with Gasteiger partial charge in [-0.05, 0) is 31.0 Å². The number of sulfonamides is 1. The van der Waals surface area contributed by atoms with Crippen LogP contribution >= 0.6 is 11.3 Å². The van der Waals surface area contributed by atoms with Gasteiger partial charge in [-0.15, -0.1) is 0 Å². The van der Waals surface area contributed by atoms with E-state index in [4.69, 9.17) is 0 Å². The van der Waals surface area contributed by atoms with E-state index in [1.165, 1.54) is 6.07 Å². The maximum atomic E-state index is 12.6. The van der Waals surface area contributed by atoms with E-state index >= 15 is 0 Å². The van der Waals surface area contributed by atoms with Gasteiger partial charge in [0.15, 0.2) is 5.13 Å². The summed E-state index contributed by atoms with van der Waals surface area (Å²) in [5, 5.41) is -0.300. The molecule has 0 aliphatic heterocycles. The normalized spacial score (nSPS) is 16.6. The van der Waals surface area contributed by atoms with Crippen molar-refractivity contribution in [2.24, 2.45) is 0 Å². The molecular formula is C11H9F3N2O2S2. The summed E-state index contributed by atoms with van der Waals surface area (Å²) >= 11 is 0.898. The van der Waals surface area contributed by atoms with Gasteiger partial charge in [0.1, 0.15) is 0 Å². The lowest BCUT2D eigenvalue weighted by Gasteiger charge is -2.04. The molecule has 1 aromatic heterocycles. The second-order valence-electron chi connectivity index (χ2n) is 4.55. The summed E-state index contributed by atoms with van der Waals surface area (Å²) in [5.74, 6) is 0. The van der Waals surface area contributed by atoms with Gasteiger partial charge in [0, 0.05) is 0 Å². The number of hydrogen-bond donors (Lipinski definition) is 1. The van der Waals surface area contributed by atoms with Crippen molar-refractivity contribution in [1.29, 1.82) is 0 Å². The Kier molecular flexibility index (Phi) is 2.94. The summed E-state index contributed by atoms with van der Waals surface area (Å²) in [4.78, 5) is 3.99. The number of thiazole rings is 1. The minimum absolute atomic E-state index is 0.103. The van der Waals surface area contributed by atoms with Gasteiger partial charge in [-0.2, -0.15) is 13.2 Å². The fourth-order valence-electron chi connectivity index (χ4n) is 1.73. The van der Waals surface area contributed by atoms with Crippen molar-refractivity contribution < 1.29 is 21.6 Å². The van der Waals surface area contributed by atoms with Crippen LogP contribution in [0.2, 0.25) is 0 Å². The number of rotatable bonds is 3. The number of hydrogen-bond acceptors (Lipinski definition) is 4. The summed E-state index contributed by atoms with van der Waals surface area (Å²) in [7, 11) is -3.45. The van der Waals surface area contributed by atoms with Gasteiger partial charge in [-0.1, -0.05) is 11.3 Å². The molecule has 4 nitrogen and oxygen atoms in total. The van der Waals surface area contributed by atoms with Crippen LogP contribution in [0.1, 0.15) is 18.4 Å². The first kappa shape index (κ1) is 13.6. The standard InChI is InChI=1S/C11H9F3N2O2S2/c12-11(13,14)6-1-4-8-9(5-6)19-10(15-8)16-20(17,18)7-2-3-7/h1,4-5,7H,2-3H2,(H,15,16). The van der Waals surface area contributed by atoms with Crippen LogP contribution in [-0.4, -0.2) is 18.7 Å². The fraction of sp³-hybridized carbons (Fsp3) is 0.364. The monoisotopic (exact) mass is 322 g/mol. The van der Waals surface area contributed by atoms with Crippen molar-refractivity contribution in [2.45, 2.75) is 24.3 Å². The summed E-state index contributed by atoms with van der Waals surface area (Å²) in [6.07, 6.45) is -3.21. The molecule has 0 saturated heterocycles. The average molecular weight is 322 g/mol. The number of halogens is 3. The zero-order chi connectivity index (χ0) is 14.5. The minimum Gasteiger partial charge on any atom is -0.258 e. The van der Waals surface area contributed by atoms with Crippen LogP contribution in [0, 0.1) is 0 Å². The van der Waals surface area contributed by atoms with Crippen LogP contribution in [0.3, 0.4) is 0 Å². The minimum atomic E-state index is -4.42. The molecule has 9 heteroatoms. The first-order valence-corrected chi connectivity index (χ1v) is 8.11. The van der Waals surface area contributed by atoms with Crippen LogP contribution in [0.5, 0.6) is 0 Å². The highest BCUT2D eigenvalue weighted by atomic mass is 32.2. The number of fused-ring (bicyclic) bond motifs is 1. The van der Waals surface area contributed by atoms with E-state index in [1.807, 2.05) is 0 Å². The van der Waals surface area contributed by atoms with Crippen molar-refractivity contribution in [1.82, 2.24) is 4.98 Å². The summed E-state index contributed by atoms with van der Waals surface area (Å²) in [6.45, 7) is 0. The highest BCUT2D eigenvalue weighted by Gasteiger charge is 2.36. The van der Waals surface area contributed by atoms with Crippen LogP contribution < -0.4 is 4.72 Å². The lowest BCUT2D eigenvalue weighted by Crippen LogP contribution is -2.16. The smallest absolute Gasteiger partial charge is 0.258 e. The topological polar surface area (TPSA) is 59.1 Å². The molecule has 0 amide bonds. The fourth-order valence-corrected chi connectivity index (χ4v) is 4.21. The van der Waals surface area contributed by atoms with Gasteiger partial charge in [0.2, 0.25) is 10.0 Å². The second-order valence-corrected chi connectivity index (χ2v) is 7.54. The van der Waals surface area contributed by atoms with Crippen molar-refractivity contribution >= 4 is 36.7 Å². The molecule has 108 valence electrons. The molecular weight excluding hydrogens is 313 g/mol. The number of nitrogens with zero attached hydrogens (tertiary/aromatic N) is 1. The van der Waals surface area contributed by atoms with Crippen molar-refractivity contribution in [2.75, 3.05) is 4.72 Å². The van der Waals surface area contributed by atoms with Crippen LogP contribution in [-0.2, 0) is 16.2 Å². The van der Waals surface area contributed by atoms with Gasteiger partial charge in [0.25, 0.3) is 0 Å². The molecule has 0 atom stereocenters. The zero-order valence-electron chi connectivity index (χ0n) is 9.94. The van der Waals surface area contributed by atoms with E-state index in [0.717, 1.165) is 23.5 Å². The quantitative estimate of drug-likeness (QED) is 0.944. The van der Waals surface area contributed by atoms with Gasteiger partial charge in [0.05, 0.1) is 21.0 Å². The average Bonchev–Trinajstić information content (AvgIpc) is 3.09. The van der Waals surface area contributed by atoms with E-state index in [2.05, 4.69) is 9.71 Å². The zero-order valence-corrected chi connectivity index (χ0v) is 11.6. The Bertz CT molecular complexity index is 764. The van der Waals surface area contributed by atoms with E-state index in [0.29, 0.717) is 23.1 Å². The van der Waals surface area contributed by atoms with Crippen molar-refractivity contribution in [3.8, 4) is 0 Å². The third-order valence-corrected chi connectivity index (χ3v) is 5.80. The molecule has 1 heterocycles. The highest BCUT2D eigenvalue weighted by Crippen LogP contribution is 2.36. The first-order valence-electron chi connectivity index (χ1n) is 5.75. The predicted octanol–water partition coefficient (Wildman–Crippen LogP) is 3.22. The molecule has 1 aliphatic carbocycles. The second kappa shape index (κ2) is 4.32. The molecule has 0 radical (unpaired) electrons. The Hall–Kier alpha value is -1.35. The number of anilines is 1. The molecule has 3 rings (SSSR count). The van der Waals surface area contributed by atoms with E-state index in [9.17, 15) is 21.6 Å². The van der Waals surface area contributed by atoms with Gasteiger partial charge >= 0.3 is 6.18 Å². The SMILES string of the molecule is O=S(=O)(Nc1nc2ccc(C(F)(F)F)cc2s1)C1CC1. The molecule has 0 unspecified atom stereocenters. The Morgan fingerprint density at radius 2 is 2.00 bits per heavy atom. The summed E-state index contributed by atoms with van der Waals surface area (Å²) in [6, 6.07) is 3.15. The molecule has 2 aromatic rings. The largest absolute Gasteiger partial charge is 0.416 e. The number of nitrogens with one attached hydrogen (secondary N) is 1. The summed E-state index contributed by atoms with van der Waals surface area (Å²) in [5.41, 5.74) is -0.429. The van der Waals surface area contributed by atoms with Gasteiger partial charge in [-0.3, -0.25) is 4.72 Å². The molecule has 20 heavy (non-hydrogen) atoms. The Labute approximate surface area is 116 Å². The molecule has 1 aliphatic rings. The van der Waals surface area contributed by atoms with Gasteiger partial charge in [-0.25, -0.2) is 13.4 Å². The lowest BCUT2D eigenvalue weighted by molar-refractivity contribution is -0.137. The van der Waals surface area contributed by atoms with Gasteiger partial charge < -0.3 is 0 Å². The van der Waals surface area contributed by atoms with Crippen LogP contribution in [0.25, 0.3) is 10.2 Å². The van der Waals surface area contributed by atoms with E-state index in [-0.39, 0.29) is 5.13 Å². The number of alkyl halides is 3. The molecule has 0 bridgehead atoms. The molecule has 1 N–H and O–H groups in total. The third kappa shape index (κ3) is 2.59. The maximum absolute atomic E-state index is 12.6. The maximum Gasteiger partial charge on any atom is 0.416 e. The number of benzene rings is 1. The Morgan fingerprint density at radius 1 is 1.30 bits per heavy atom. The highest BCUT2D eigenvalue weighted by molar-refractivity contribution is 7.93. The first-order chi connectivity index (χ1) is 9.25. The Balaban J connectivity index is 1.94. The summed E-state index contributed by atoms with van der Waals surface area (Å²) < 4.78 is 63.8. The lowest BCUT2D eigenvalue weighted by atomic mass is 10.2. The number of aromatic nitrogens is 1. The van der Waals surface area contributed by atoms with Crippen LogP contribution in [0.15, 0.2) is 18.2 Å². The van der Waals surface area contributed by atoms with Crippen molar-refractivity contribution in [3.05, 3.63) is 23.8 Å². The third-order valence-electron chi connectivity index (χ3n) is 2.91. The molecule has 0 spiro atoms. The van der Waals surface area contributed by atoms with Crippen LogP contribution in [0.4, 0.5) is 18.3 Å². The predicted molar refractivity (Wildman–Crippen MR) is 70.2 cm³/mol. The van der Waals surface area contributed by atoms with E-state index < -0.39 is 27.0 Å².